The number of nitrogen functional groups attached to an aromatic ring is 1. The van der Waals surface area contributed by atoms with E-state index in [4.69, 9.17) is 5.73 Å². The lowest BCUT2D eigenvalue weighted by Crippen LogP contribution is -2.18. The van der Waals surface area contributed by atoms with Gasteiger partial charge in [-0.3, -0.25) is 9.48 Å². The predicted molar refractivity (Wildman–Crippen MR) is 74.4 cm³/mol. The summed E-state index contributed by atoms with van der Waals surface area (Å²) in [5.74, 6) is -0.867. The monoisotopic (exact) mass is 326 g/mol. The van der Waals surface area contributed by atoms with Gasteiger partial charge in [0.1, 0.15) is 11.5 Å². The molecule has 1 heterocycles. The summed E-state index contributed by atoms with van der Waals surface area (Å²) in [6.45, 7) is 2.37. The van der Waals surface area contributed by atoms with E-state index in [0.29, 0.717) is 16.7 Å². The third-order valence-corrected chi connectivity index (χ3v) is 3.20. The number of nitrogens with one attached hydrogen (secondary N) is 1. The number of aromatic nitrogens is 2. The first-order valence-corrected chi connectivity index (χ1v) is 6.40. The van der Waals surface area contributed by atoms with Gasteiger partial charge in [0, 0.05) is 12.2 Å². The summed E-state index contributed by atoms with van der Waals surface area (Å²) in [4.78, 5) is 12.1. The summed E-state index contributed by atoms with van der Waals surface area (Å²) >= 11 is 3.05. The third kappa shape index (κ3) is 2.76. The van der Waals surface area contributed by atoms with Crippen LogP contribution in [0.25, 0.3) is 0 Å². The molecule has 19 heavy (non-hydrogen) atoms. The first-order chi connectivity index (χ1) is 9.02. The van der Waals surface area contributed by atoms with Gasteiger partial charge in [0.25, 0.3) is 5.91 Å². The van der Waals surface area contributed by atoms with Crippen molar-refractivity contribution in [3.05, 3.63) is 40.4 Å². The highest BCUT2D eigenvalue weighted by Crippen LogP contribution is 2.20. The number of benzene rings is 1. The second-order valence-corrected chi connectivity index (χ2v) is 4.70. The molecule has 1 aromatic carbocycles. The number of nitrogens with two attached hydrogens (primary N) is 1. The van der Waals surface area contributed by atoms with E-state index in [-0.39, 0.29) is 11.4 Å². The second kappa shape index (κ2) is 5.40. The average molecular weight is 327 g/mol. The Hall–Kier alpha value is -1.89. The van der Waals surface area contributed by atoms with Crippen LogP contribution in [0.4, 0.5) is 15.8 Å². The molecule has 3 N–H and O–H groups in total. The molecule has 5 nitrogen and oxygen atoms in total. The first-order valence-electron chi connectivity index (χ1n) is 5.60. The quantitative estimate of drug-likeness (QED) is 0.910. The van der Waals surface area contributed by atoms with E-state index in [0.717, 1.165) is 0 Å². The highest BCUT2D eigenvalue weighted by atomic mass is 79.9. The van der Waals surface area contributed by atoms with Gasteiger partial charge >= 0.3 is 0 Å². The van der Waals surface area contributed by atoms with Gasteiger partial charge in [0.15, 0.2) is 0 Å². The molecule has 0 bridgehead atoms. The highest BCUT2D eigenvalue weighted by molar-refractivity contribution is 9.10. The maximum absolute atomic E-state index is 13.4. The molecule has 2 aromatic rings. The molecule has 0 unspecified atom stereocenters. The van der Waals surface area contributed by atoms with Crippen molar-refractivity contribution >= 4 is 33.2 Å². The van der Waals surface area contributed by atoms with E-state index in [1.54, 1.807) is 6.07 Å². The van der Waals surface area contributed by atoms with Gasteiger partial charge in [-0.2, -0.15) is 5.10 Å². The number of nitrogens with zero attached hydrogens (tertiary/aromatic N) is 2. The van der Waals surface area contributed by atoms with Crippen molar-refractivity contribution < 1.29 is 9.18 Å². The zero-order valence-electron chi connectivity index (χ0n) is 10.2. The number of hydrogen-bond donors (Lipinski definition) is 2. The smallest absolute Gasteiger partial charge is 0.276 e. The van der Waals surface area contributed by atoms with Gasteiger partial charge in [0.2, 0.25) is 0 Å². The van der Waals surface area contributed by atoms with E-state index >= 15 is 0 Å². The van der Waals surface area contributed by atoms with Crippen LogP contribution >= 0.6 is 15.9 Å². The Morgan fingerprint density at radius 1 is 1.58 bits per heavy atom. The molecule has 0 saturated heterocycles. The van der Waals surface area contributed by atoms with Crippen molar-refractivity contribution in [2.45, 2.75) is 13.5 Å². The molecule has 0 atom stereocenters. The normalized spacial score (nSPS) is 10.5. The van der Waals surface area contributed by atoms with Crippen LogP contribution in [0, 0.1) is 5.82 Å². The zero-order chi connectivity index (χ0) is 14.0. The van der Waals surface area contributed by atoms with E-state index < -0.39 is 11.7 Å². The number of anilines is 2. The molecule has 0 aliphatic heterocycles. The SMILES string of the molecule is CCn1ncc(N)c1C(=O)Nc1ccc(Br)c(F)c1. The van der Waals surface area contributed by atoms with Crippen LogP contribution in [0.2, 0.25) is 0 Å². The van der Waals surface area contributed by atoms with E-state index in [1.807, 2.05) is 6.92 Å². The molecule has 0 spiro atoms. The van der Waals surface area contributed by atoms with Crippen LogP contribution in [0.5, 0.6) is 0 Å². The molecule has 2 rings (SSSR count). The second-order valence-electron chi connectivity index (χ2n) is 3.85. The molecule has 100 valence electrons. The topological polar surface area (TPSA) is 72.9 Å². The molecule has 0 aliphatic carbocycles. The van der Waals surface area contributed by atoms with Gasteiger partial charge in [-0.1, -0.05) is 0 Å². The van der Waals surface area contributed by atoms with Gasteiger partial charge in [-0.25, -0.2) is 4.39 Å². The Balaban J connectivity index is 2.25. The van der Waals surface area contributed by atoms with Crippen LogP contribution in [0.3, 0.4) is 0 Å². The van der Waals surface area contributed by atoms with Crippen molar-refractivity contribution in [2.24, 2.45) is 0 Å². The highest BCUT2D eigenvalue weighted by Gasteiger charge is 2.16. The summed E-state index contributed by atoms with van der Waals surface area (Å²) in [5.41, 5.74) is 6.61. The number of rotatable bonds is 3. The van der Waals surface area contributed by atoms with Crippen LogP contribution in [-0.2, 0) is 6.54 Å². The zero-order valence-corrected chi connectivity index (χ0v) is 11.7. The van der Waals surface area contributed by atoms with Gasteiger partial charge < -0.3 is 11.1 Å². The van der Waals surface area contributed by atoms with Crippen molar-refractivity contribution in [3.63, 3.8) is 0 Å². The van der Waals surface area contributed by atoms with Crippen LogP contribution < -0.4 is 11.1 Å². The van der Waals surface area contributed by atoms with E-state index in [1.165, 1.54) is 23.0 Å². The minimum Gasteiger partial charge on any atom is -0.396 e. The first kappa shape index (κ1) is 13.5. The van der Waals surface area contributed by atoms with Crippen molar-refractivity contribution in [1.29, 1.82) is 0 Å². The lowest BCUT2D eigenvalue weighted by molar-refractivity contribution is 0.101. The fraction of sp³-hybridized carbons (Fsp3) is 0.167. The van der Waals surface area contributed by atoms with Gasteiger partial charge in [0.05, 0.1) is 16.4 Å². The van der Waals surface area contributed by atoms with Crippen LogP contribution in [0.15, 0.2) is 28.9 Å². The molecule has 7 heteroatoms. The lowest BCUT2D eigenvalue weighted by atomic mass is 10.3. The molecular weight excluding hydrogens is 315 g/mol. The fourth-order valence-corrected chi connectivity index (χ4v) is 1.90. The number of aryl methyl sites for hydroxylation is 1. The number of amides is 1. The van der Waals surface area contributed by atoms with Crippen molar-refractivity contribution in [2.75, 3.05) is 11.1 Å². The number of carbonyl (C=O) groups excluding carboxylic acids is 1. The molecular formula is C12H12BrFN4O. The number of hydrogen-bond acceptors (Lipinski definition) is 3. The fourth-order valence-electron chi connectivity index (χ4n) is 1.65. The molecule has 0 saturated carbocycles. The standard InChI is InChI=1S/C12H12BrFN4O/c1-2-18-11(10(15)6-16-18)12(19)17-7-3-4-8(13)9(14)5-7/h3-6H,2,15H2,1H3,(H,17,19). The Bertz CT molecular complexity index is 626. The summed E-state index contributed by atoms with van der Waals surface area (Å²) in [6.07, 6.45) is 1.42. The largest absolute Gasteiger partial charge is 0.396 e. The Morgan fingerprint density at radius 3 is 2.95 bits per heavy atom. The molecule has 1 amide bonds. The summed E-state index contributed by atoms with van der Waals surface area (Å²) in [6, 6.07) is 4.34. The summed E-state index contributed by atoms with van der Waals surface area (Å²) < 4.78 is 15.2. The molecule has 1 aromatic heterocycles. The Kier molecular flexibility index (Phi) is 3.84. The summed E-state index contributed by atoms with van der Waals surface area (Å²) in [5, 5.41) is 6.57. The molecule has 0 fully saturated rings. The minimum atomic E-state index is -0.449. The van der Waals surface area contributed by atoms with Gasteiger partial charge in [-0.15, -0.1) is 0 Å². The van der Waals surface area contributed by atoms with Crippen LogP contribution in [0.1, 0.15) is 17.4 Å². The summed E-state index contributed by atoms with van der Waals surface area (Å²) in [7, 11) is 0. The van der Waals surface area contributed by atoms with Crippen molar-refractivity contribution in [3.8, 4) is 0 Å². The number of carbonyl (C=O) groups is 1. The van der Waals surface area contributed by atoms with Crippen LogP contribution in [-0.4, -0.2) is 15.7 Å². The molecule has 0 radical (unpaired) electrons. The van der Waals surface area contributed by atoms with Gasteiger partial charge in [-0.05, 0) is 41.1 Å². The number of halogens is 2. The average Bonchev–Trinajstić information content (AvgIpc) is 2.75. The Labute approximate surface area is 117 Å². The maximum Gasteiger partial charge on any atom is 0.276 e. The Morgan fingerprint density at radius 2 is 2.32 bits per heavy atom. The van der Waals surface area contributed by atoms with Crippen molar-refractivity contribution in [1.82, 2.24) is 9.78 Å². The predicted octanol–water partition coefficient (Wildman–Crippen LogP) is 2.64. The van der Waals surface area contributed by atoms with E-state index in [9.17, 15) is 9.18 Å². The lowest BCUT2D eigenvalue weighted by Gasteiger charge is -2.08. The minimum absolute atomic E-state index is 0.269. The third-order valence-electron chi connectivity index (χ3n) is 2.56. The maximum atomic E-state index is 13.4. The van der Waals surface area contributed by atoms with E-state index in [2.05, 4.69) is 26.3 Å². The molecule has 0 aliphatic rings.